The van der Waals surface area contributed by atoms with Gasteiger partial charge in [-0.3, -0.25) is 9.59 Å². The van der Waals surface area contributed by atoms with Crippen LogP contribution in [0.15, 0.2) is 28.6 Å². The molecule has 0 spiro atoms. The van der Waals surface area contributed by atoms with E-state index < -0.39 is 0 Å². The lowest BCUT2D eigenvalue weighted by Gasteiger charge is -2.00. The summed E-state index contributed by atoms with van der Waals surface area (Å²) in [7, 11) is 0. The van der Waals surface area contributed by atoms with Gasteiger partial charge >= 0.3 is 5.97 Å². The Labute approximate surface area is 125 Å². The third-order valence-electron chi connectivity index (χ3n) is 2.54. The van der Waals surface area contributed by atoms with Gasteiger partial charge < -0.3 is 4.74 Å². The fourth-order valence-electron chi connectivity index (χ4n) is 1.60. The summed E-state index contributed by atoms with van der Waals surface area (Å²) in [5.74, 6) is 0.0762. The molecule has 2 rings (SSSR count). The van der Waals surface area contributed by atoms with Gasteiger partial charge in [-0.05, 0) is 19.1 Å². The van der Waals surface area contributed by atoms with Crippen molar-refractivity contribution in [1.29, 1.82) is 0 Å². The van der Waals surface area contributed by atoms with Crippen LogP contribution in [0.4, 0.5) is 0 Å². The lowest BCUT2D eigenvalue weighted by atomic mass is 10.2. The zero-order valence-electron chi connectivity index (χ0n) is 11.1. The molecule has 6 heteroatoms. The van der Waals surface area contributed by atoms with E-state index in [4.69, 9.17) is 4.74 Å². The molecule has 1 aromatic carbocycles. The summed E-state index contributed by atoms with van der Waals surface area (Å²) in [6.45, 7) is 2.11. The van der Waals surface area contributed by atoms with E-state index in [0.717, 1.165) is 14.6 Å². The number of Topliss-reactive ketones (excluding diaryl/α,β-unsaturated/α-hetero) is 1. The second-order valence-electron chi connectivity index (χ2n) is 4.08. The Bertz CT molecular complexity index is 576. The molecule has 20 heavy (non-hydrogen) atoms. The number of thioether (sulfide) groups is 1. The van der Waals surface area contributed by atoms with Gasteiger partial charge in [0.05, 0.1) is 29.0 Å². The van der Waals surface area contributed by atoms with E-state index in [0.29, 0.717) is 12.4 Å². The molecule has 2 aromatic rings. The molecule has 0 N–H and O–H groups in total. The first kappa shape index (κ1) is 15.0. The number of rotatable bonds is 7. The first-order chi connectivity index (χ1) is 9.69. The van der Waals surface area contributed by atoms with Crippen molar-refractivity contribution in [2.24, 2.45) is 0 Å². The van der Waals surface area contributed by atoms with Crippen molar-refractivity contribution in [1.82, 2.24) is 4.98 Å². The summed E-state index contributed by atoms with van der Waals surface area (Å²) in [6.07, 6.45) is 0.393. The Hall–Kier alpha value is -1.40. The Kier molecular flexibility index (Phi) is 5.55. The number of carbonyl (C=O) groups is 2. The zero-order chi connectivity index (χ0) is 14.4. The predicted octanol–water partition coefficient (Wildman–Crippen LogP) is 3.30. The first-order valence-corrected chi connectivity index (χ1v) is 8.15. The van der Waals surface area contributed by atoms with Crippen molar-refractivity contribution in [3.05, 3.63) is 24.3 Å². The smallest absolute Gasteiger partial charge is 0.306 e. The number of thiazole rings is 1. The minimum Gasteiger partial charge on any atom is -0.466 e. The molecule has 106 valence electrons. The molecule has 0 bridgehead atoms. The summed E-state index contributed by atoms with van der Waals surface area (Å²) < 4.78 is 6.79. The van der Waals surface area contributed by atoms with Crippen LogP contribution in [0.3, 0.4) is 0 Å². The van der Waals surface area contributed by atoms with E-state index in [-0.39, 0.29) is 24.6 Å². The molecule has 1 heterocycles. The number of carbonyl (C=O) groups excluding carboxylic acids is 2. The van der Waals surface area contributed by atoms with Crippen molar-refractivity contribution in [2.75, 3.05) is 12.4 Å². The average molecular weight is 309 g/mol. The summed E-state index contributed by atoms with van der Waals surface area (Å²) in [5.41, 5.74) is 0.957. The van der Waals surface area contributed by atoms with Crippen LogP contribution in [-0.2, 0) is 14.3 Å². The average Bonchev–Trinajstić information content (AvgIpc) is 2.86. The lowest BCUT2D eigenvalue weighted by Crippen LogP contribution is -2.08. The van der Waals surface area contributed by atoms with Gasteiger partial charge in [0.2, 0.25) is 0 Å². The number of ether oxygens (including phenoxy) is 1. The third-order valence-corrected chi connectivity index (χ3v) is 4.78. The van der Waals surface area contributed by atoms with Crippen LogP contribution < -0.4 is 0 Å². The van der Waals surface area contributed by atoms with Crippen LogP contribution >= 0.6 is 23.1 Å². The SMILES string of the molecule is CCOC(=O)CCC(=O)CSc1nc2ccccc2s1. The number of benzene rings is 1. The Balaban J connectivity index is 1.79. The number of hydrogen-bond donors (Lipinski definition) is 0. The highest BCUT2D eigenvalue weighted by Gasteiger charge is 2.10. The van der Waals surface area contributed by atoms with Gasteiger partial charge in [-0.1, -0.05) is 23.9 Å². The molecule has 4 nitrogen and oxygen atoms in total. The van der Waals surface area contributed by atoms with E-state index in [1.165, 1.54) is 11.8 Å². The Morgan fingerprint density at radius 2 is 2.10 bits per heavy atom. The van der Waals surface area contributed by atoms with E-state index in [2.05, 4.69) is 4.98 Å². The maximum absolute atomic E-state index is 11.7. The molecule has 0 amide bonds. The molecule has 0 saturated carbocycles. The van der Waals surface area contributed by atoms with Gasteiger partial charge in [0, 0.05) is 6.42 Å². The van der Waals surface area contributed by atoms with Gasteiger partial charge in [-0.25, -0.2) is 4.98 Å². The lowest BCUT2D eigenvalue weighted by molar-refractivity contribution is -0.144. The standard InChI is InChI=1S/C14H15NO3S2/c1-2-18-13(17)8-7-10(16)9-19-14-15-11-5-3-4-6-12(11)20-14/h3-6H,2,7-9H2,1H3. The van der Waals surface area contributed by atoms with E-state index in [9.17, 15) is 9.59 Å². The molecule has 1 aromatic heterocycles. The van der Waals surface area contributed by atoms with Crippen molar-refractivity contribution >= 4 is 45.1 Å². The van der Waals surface area contributed by atoms with Crippen LogP contribution in [0.1, 0.15) is 19.8 Å². The topological polar surface area (TPSA) is 56.3 Å². The van der Waals surface area contributed by atoms with Gasteiger partial charge in [0.15, 0.2) is 4.34 Å². The van der Waals surface area contributed by atoms with Crippen molar-refractivity contribution in [3.8, 4) is 0 Å². The maximum atomic E-state index is 11.7. The largest absolute Gasteiger partial charge is 0.466 e. The molecule has 0 fully saturated rings. The monoisotopic (exact) mass is 309 g/mol. The van der Waals surface area contributed by atoms with Gasteiger partial charge in [-0.15, -0.1) is 11.3 Å². The number of hydrogen-bond acceptors (Lipinski definition) is 6. The van der Waals surface area contributed by atoms with E-state index in [1.807, 2.05) is 24.3 Å². The van der Waals surface area contributed by atoms with Crippen LogP contribution in [0.25, 0.3) is 10.2 Å². The third kappa shape index (κ3) is 4.31. The van der Waals surface area contributed by atoms with Crippen LogP contribution in [0.2, 0.25) is 0 Å². The molecule has 0 aliphatic carbocycles. The first-order valence-electron chi connectivity index (χ1n) is 6.34. The summed E-state index contributed by atoms with van der Waals surface area (Å²) in [5, 5.41) is 0. The number of esters is 1. The molecular formula is C14H15NO3S2. The zero-order valence-corrected chi connectivity index (χ0v) is 12.8. The van der Waals surface area contributed by atoms with Crippen LogP contribution in [0, 0.1) is 0 Å². The molecule has 0 radical (unpaired) electrons. The van der Waals surface area contributed by atoms with Gasteiger partial charge in [0.25, 0.3) is 0 Å². The Morgan fingerprint density at radius 1 is 1.30 bits per heavy atom. The fraction of sp³-hybridized carbons (Fsp3) is 0.357. The highest BCUT2D eigenvalue weighted by Crippen LogP contribution is 2.29. The number of para-hydroxylation sites is 1. The molecule has 0 unspecified atom stereocenters. The highest BCUT2D eigenvalue weighted by molar-refractivity contribution is 8.01. The quantitative estimate of drug-likeness (QED) is 0.580. The molecule has 0 atom stereocenters. The minimum absolute atomic E-state index is 0.0438. The van der Waals surface area contributed by atoms with Crippen molar-refractivity contribution < 1.29 is 14.3 Å². The number of nitrogens with zero attached hydrogens (tertiary/aromatic N) is 1. The van der Waals surface area contributed by atoms with E-state index in [1.54, 1.807) is 18.3 Å². The number of aromatic nitrogens is 1. The van der Waals surface area contributed by atoms with Crippen LogP contribution in [0.5, 0.6) is 0 Å². The minimum atomic E-state index is -0.314. The van der Waals surface area contributed by atoms with Gasteiger partial charge in [0.1, 0.15) is 5.78 Å². The second kappa shape index (κ2) is 7.40. The maximum Gasteiger partial charge on any atom is 0.306 e. The summed E-state index contributed by atoms with van der Waals surface area (Å²) in [4.78, 5) is 27.3. The fourth-order valence-corrected chi connectivity index (χ4v) is 3.57. The molecule has 0 saturated heterocycles. The van der Waals surface area contributed by atoms with Crippen molar-refractivity contribution in [3.63, 3.8) is 0 Å². The van der Waals surface area contributed by atoms with Crippen LogP contribution in [-0.4, -0.2) is 29.1 Å². The van der Waals surface area contributed by atoms with Gasteiger partial charge in [-0.2, -0.15) is 0 Å². The highest BCUT2D eigenvalue weighted by atomic mass is 32.2. The Morgan fingerprint density at radius 3 is 2.85 bits per heavy atom. The summed E-state index contributed by atoms with van der Waals surface area (Å²) >= 11 is 3.00. The molecular weight excluding hydrogens is 294 g/mol. The second-order valence-corrected chi connectivity index (χ2v) is 6.33. The van der Waals surface area contributed by atoms with E-state index >= 15 is 0 Å². The number of ketones is 1. The molecule has 0 aliphatic rings. The van der Waals surface area contributed by atoms with Crippen molar-refractivity contribution in [2.45, 2.75) is 24.1 Å². The molecule has 0 aliphatic heterocycles. The predicted molar refractivity (Wildman–Crippen MR) is 81.2 cm³/mol. The number of fused-ring (bicyclic) bond motifs is 1. The normalized spacial score (nSPS) is 10.7. The summed E-state index contributed by atoms with van der Waals surface area (Å²) in [6, 6.07) is 7.89.